The van der Waals surface area contributed by atoms with Crippen LogP contribution >= 0.6 is 23.2 Å². The summed E-state index contributed by atoms with van der Waals surface area (Å²) in [5.41, 5.74) is 2.16. The fourth-order valence-electron chi connectivity index (χ4n) is 2.85. The number of hydrogen-bond acceptors (Lipinski definition) is 5. The Morgan fingerprint density at radius 2 is 1.90 bits per heavy atom. The van der Waals surface area contributed by atoms with E-state index < -0.39 is 4.92 Å². The number of para-hydroxylation sites is 1. The fourth-order valence-corrected chi connectivity index (χ4v) is 3.31. The standard InChI is InChI=1S/C23H16Cl2N2O4/c1-30-22-4-2-3-16(23(22)31-14-17-5-8-19(24)12-21(17)25)11-18(13-26)15-6-9-20(10-7-15)27(28)29/h2-12H,14H2,1H3. The Hall–Kier alpha value is -3.53. The summed E-state index contributed by atoms with van der Waals surface area (Å²) in [6, 6.07) is 18.3. The van der Waals surface area contributed by atoms with Crippen LogP contribution in [0.4, 0.5) is 5.69 Å². The Morgan fingerprint density at radius 3 is 2.52 bits per heavy atom. The summed E-state index contributed by atoms with van der Waals surface area (Å²) in [7, 11) is 1.52. The first-order chi connectivity index (χ1) is 14.9. The lowest BCUT2D eigenvalue weighted by Gasteiger charge is -2.14. The van der Waals surface area contributed by atoms with E-state index in [0.29, 0.717) is 38.2 Å². The number of nitro benzene ring substituents is 1. The van der Waals surface area contributed by atoms with Crippen molar-refractivity contribution in [3.8, 4) is 17.6 Å². The second kappa shape index (κ2) is 9.98. The molecule has 0 fully saturated rings. The Kier molecular flexibility index (Phi) is 7.14. The van der Waals surface area contributed by atoms with Gasteiger partial charge in [0, 0.05) is 33.3 Å². The van der Waals surface area contributed by atoms with Gasteiger partial charge in [-0.1, -0.05) is 41.4 Å². The zero-order chi connectivity index (χ0) is 22.4. The van der Waals surface area contributed by atoms with Gasteiger partial charge in [-0.05, 0) is 42.0 Å². The highest BCUT2D eigenvalue weighted by Gasteiger charge is 2.13. The molecule has 0 aliphatic heterocycles. The smallest absolute Gasteiger partial charge is 0.269 e. The summed E-state index contributed by atoms with van der Waals surface area (Å²) in [6.07, 6.45) is 1.64. The van der Waals surface area contributed by atoms with E-state index in [2.05, 4.69) is 6.07 Å². The monoisotopic (exact) mass is 454 g/mol. The van der Waals surface area contributed by atoms with Crippen molar-refractivity contribution in [1.29, 1.82) is 5.26 Å². The molecule has 0 unspecified atom stereocenters. The Labute approximate surface area is 189 Å². The van der Waals surface area contributed by atoms with Gasteiger partial charge in [0.2, 0.25) is 0 Å². The molecular formula is C23H16Cl2N2O4. The molecule has 0 N–H and O–H groups in total. The number of methoxy groups -OCH3 is 1. The van der Waals surface area contributed by atoms with Gasteiger partial charge >= 0.3 is 0 Å². The Morgan fingerprint density at radius 1 is 1.16 bits per heavy atom. The Bertz CT molecular complexity index is 1190. The molecule has 0 heterocycles. The summed E-state index contributed by atoms with van der Waals surface area (Å²) in [5, 5.41) is 21.5. The van der Waals surface area contributed by atoms with Gasteiger partial charge in [-0.15, -0.1) is 0 Å². The van der Waals surface area contributed by atoms with Crippen molar-refractivity contribution < 1.29 is 14.4 Å². The molecule has 6 nitrogen and oxygen atoms in total. The third-order valence-electron chi connectivity index (χ3n) is 4.43. The van der Waals surface area contributed by atoms with Crippen LogP contribution in [0.1, 0.15) is 16.7 Å². The van der Waals surface area contributed by atoms with Gasteiger partial charge in [0.25, 0.3) is 5.69 Å². The number of nitrogens with zero attached hydrogens (tertiary/aromatic N) is 2. The van der Waals surface area contributed by atoms with E-state index in [1.54, 1.807) is 42.5 Å². The number of rotatable bonds is 7. The van der Waals surface area contributed by atoms with Crippen molar-refractivity contribution in [1.82, 2.24) is 0 Å². The van der Waals surface area contributed by atoms with E-state index in [1.165, 1.54) is 31.4 Å². The molecule has 0 saturated heterocycles. The van der Waals surface area contributed by atoms with E-state index in [-0.39, 0.29) is 12.3 Å². The molecule has 0 saturated carbocycles. The summed E-state index contributed by atoms with van der Waals surface area (Å²) in [5.74, 6) is 0.922. The zero-order valence-electron chi connectivity index (χ0n) is 16.3. The van der Waals surface area contributed by atoms with Gasteiger partial charge < -0.3 is 9.47 Å². The summed E-state index contributed by atoms with van der Waals surface area (Å²) in [6.45, 7) is 0.163. The summed E-state index contributed by atoms with van der Waals surface area (Å²) in [4.78, 5) is 10.4. The van der Waals surface area contributed by atoms with Crippen LogP contribution in [0, 0.1) is 21.4 Å². The number of ether oxygens (including phenoxy) is 2. The molecule has 156 valence electrons. The fraction of sp³-hybridized carbons (Fsp3) is 0.0870. The lowest BCUT2D eigenvalue weighted by Crippen LogP contribution is -2.00. The van der Waals surface area contributed by atoms with E-state index >= 15 is 0 Å². The average Bonchev–Trinajstić information content (AvgIpc) is 2.77. The van der Waals surface area contributed by atoms with Crippen molar-refractivity contribution in [3.63, 3.8) is 0 Å². The summed E-state index contributed by atoms with van der Waals surface area (Å²) >= 11 is 12.2. The molecule has 0 radical (unpaired) electrons. The quantitative estimate of drug-likeness (QED) is 0.174. The third-order valence-corrected chi connectivity index (χ3v) is 5.01. The maximum Gasteiger partial charge on any atom is 0.269 e. The van der Waals surface area contributed by atoms with Crippen LogP contribution in [-0.2, 0) is 6.61 Å². The van der Waals surface area contributed by atoms with Crippen LogP contribution in [0.25, 0.3) is 11.6 Å². The number of benzene rings is 3. The van der Waals surface area contributed by atoms with Gasteiger partial charge in [0.05, 0.1) is 23.7 Å². The molecule has 3 rings (SSSR count). The minimum atomic E-state index is -0.491. The minimum absolute atomic E-state index is 0.0497. The van der Waals surface area contributed by atoms with Crippen molar-refractivity contribution in [3.05, 3.63) is 97.5 Å². The number of nitriles is 1. The van der Waals surface area contributed by atoms with Gasteiger partial charge in [0.1, 0.15) is 6.61 Å². The maximum absolute atomic E-state index is 10.9. The molecule has 3 aromatic carbocycles. The van der Waals surface area contributed by atoms with Crippen LogP contribution in [0.3, 0.4) is 0 Å². The van der Waals surface area contributed by atoms with Gasteiger partial charge in [-0.3, -0.25) is 10.1 Å². The first-order valence-corrected chi connectivity index (χ1v) is 9.79. The third kappa shape index (κ3) is 5.34. The number of hydrogen-bond donors (Lipinski definition) is 0. The largest absolute Gasteiger partial charge is 0.493 e. The molecule has 0 aromatic heterocycles. The van der Waals surface area contributed by atoms with Crippen molar-refractivity contribution in [2.75, 3.05) is 7.11 Å². The van der Waals surface area contributed by atoms with Gasteiger partial charge in [-0.25, -0.2) is 0 Å². The van der Waals surface area contributed by atoms with E-state index in [9.17, 15) is 15.4 Å². The lowest BCUT2D eigenvalue weighted by atomic mass is 10.0. The Balaban J connectivity index is 1.96. The van der Waals surface area contributed by atoms with Crippen LogP contribution in [-0.4, -0.2) is 12.0 Å². The predicted molar refractivity (Wildman–Crippen MR) is 120 cm³/mol. The van der Waals surface area contributed by atoms with Crippen LogP contribution in [0.15, 0.2) is 60.7 Å². The van der Waals surface area contributed by atoms with Crippen LogP contribution < -0.4 is 9.47 Å². The summed E-state index contributed by atoms with van der Waals surface area (Å²) < 4.78 is 11.4. The number of nitro groups is 1. The van der Waals surface area contributed by atoms with E-state index in [1.807, 2.05) is 0 Å². The van der Waals surface area contributed by atoms with Crippen molar-refractivity contribution >= 4 is 40.5 Å². The normalized spacial score (nSPS) is 11.0. The molecule has 31 heavy (non-hydrogen) atoms. The van der Waals surface area contributed by atoms with Crippen molar-refractivity contribution in [2.45, 2.75) is 6.61 Å². The molecule has 0 aliphatic carbocycles. The van der Waals surface area contributed by atoms with E-state index in [0.717, 1.165) is 5.56 Å². The lowest BCUT2D eigenvalue weighted by molar-refractivity contribution is -0.384. The SMILES string of the molecule is COc1cccc(C=C(C#N)c2ccc([N+](=O)[O-])cc2)c1OCc1ccc(Cl)cc1Cl. The van der Waals surface area contributed by atoms with Gasteiger partial charge in [0.15, 0.2) is 11.5 Å². The molecule has 8 heteroatoms. The molecule has 3 aromatic rings. The van der Waals surface area contributed by atoms with Crippen LogP contribution in [0.5, 0.6) is 11.5 Å². The molecular weight excluding hydrogens is 439 g/mol. The predicted octanol–water partition coefficient (Wildman–Crippen LogP) is 6.55. The maximum atomic E-state index is 10.9. The first-order valence-electron chi connectivity index (χ1n) is 9.03. The highest BCUT2D eigenvalue weighted by molar-refractivity contribution is 6.35. The zero-order valence-corrected chi connectivity index (χ0v) is 17.9. The van der Waals surface area contributed by atoms with E-state index in [4.69, 9.17) is 32.7 Å². The van der Waals surface area contributed by atoms with Crippen LogP contribution in [0.2, 0.25) is 10.0 Å². The molecule has 0 aliphatic rings. The molecule has 0 atom stereocenters. The molecule has 0 amide bonds. The average molecular weight is 455 g/mol. The first kappa shape index (κ1) is 22.2. The topological polar surface area (TPSA) is 85.4 Å². The molecule has 0 spiro atoms. The highest BCUT2D eigenvalue weighted by atomic mass is 35.5. The second-order valence-electron chi connectivity index (χ2n) is 6.38. The second-order valence-corrected chi connectivity index (χ2v) is 7.22. The minimum Gasteiger partial charge on any atom is -0.493 e. The highest BCUT2D eigenvalue weighted by Crippen LogP contribution is 2.35. The number of allylic oxidation sites excluding steroid dienone is 1. The molecule has 0 bridgehead atoms. The number of halogens is 2. The van der Waals surface area contributed by atoms with Gasteiger partial charge in [-0.2, -0.15) is 5.26 Å². The van der Waals surface area contributed by atoms with Crippen molar-refractivity contribution in [2.24, 2.45) is 0 Å². The number of non-ortho nitro benzene ring substituents is 1.